The summed E-state index contributed by atoms with van der Waals surface area (Å²) in [4.78, 5) is 11.9. The number of carbonyl (C=O) groups excluding carboxylic acids is 1. The lowest BCUT2D eigenvalue weighted by atomic mass is 10.1. The van der Waals surface area contributed by atoms with E-state index in [0.29, 0.717) is 5.69 Å². The highest BCUT2D eigenvalue weighted by Crippen LogP contribution is 2.16. The third-order valence-corrected chi connectivity index (χ3v) is 3.03. The molecule has 0 radical (unpaired) electrons. The lowest BCUT2D eigenvalue weighted by molar-refractivity contribution is 0.249. The van der Waals surface area contributed by atoms with E-state index in [1.54, 1.807) is 0 Å². The first-order valence-corrected chi connectivity index (χ1v) is 6.54. The molecule has 2 rings (SSSR count). The standard InChI is InChI=1S/C16H19N3O/c1-11-5-3-8-15(9-11)19-16(20)18-12(2)13-6-4-7-14(17)10-13/h3-10,12H,17H2,1-2H3,(H2,18,19,20). The zero-order valence-electron chi connectivity index (χ0n) is 11.7. The second-order valence-corrected chi connectivity index (χ2v) is 4.86. The maximum Gasteiger partial charge on any atom is 0.319 e. The van der Waals surface area contributed by atoms with E-state index >= 15 is 0 Å². The van der Waals surface area contributed by atoms with Gasteiger partial charge in [0.15, 0.2) is 0 Å². The van der Waals surface area contributed by atoms with Gasteiger partial charge in [-0.3, -0.25) is 0 Å². The maximum atomic E-state index is 11.9. The number of nitrogens with one attached hydrogen (secondary N) is 2. The van der Waals surface area contributed by atoms with Crippen LogP contribution in [-0.2, 0) is 0 Å². The summed E-state index contributed by atoms with van der Waals surface area (Å²) in [6, 6.07) is 14.8. The molecule has 0 bridgehead atoms. The summed E-state index contributed by atoms with van der Waals surface area (Å²) in [6.45, 7) is 3.91. The number of rotatable bonds is 3. The van der Waals surface area contributed by atoms with Crippen LogP contribution < -0.4 is 16.4 Å². The van der Waals surface area contributed by atoms with Crippen molar-refractivity contribution in [2.75, 3.05) is 11.1 Å². The van der Waals surface area contributed by atoms with Crippen LogP contribution in [0.3, 0.4) is 0 Å². The molecular weight excluding hydrogens is 250 g/mol. The molecule has 2 amide bonds. The normalized spacial score (nSPS) is 11.7. The predicted octanol–water partition coefficient (Wildman–Crippen LogP) is 3.46. The molecule has 0 aliphatic carbocycles. The van der Waals surface area contributed by atoms with Crippen molar-refractivity contribution in [2.45, 2.75) is 19.9 Å². The van der Waals surface area contributed by atoms with Gasteiger partial charge >= 0.3 is 6.03 Å². The molecule has 104 valence electrons. The Morgan fingerprint density at radius 3 is 2.60 bits per heavy atom. The Bertz CT molecular complexity index is 610. The van der Waals surface area contributed by atoms with E-state index in [-0.39, 0.29) is 12.1 Å². The summed E-state index contributed by atoms with van der Waals surface area (Å²) in [5, 5.41) is 5.70. The first-order valence-electron chi connectivity index (χ1n) is 6.54. The molecule has 0 aliphatic rings. The monoisotopic (exact) mass is 269 g/mol. The molecule has 4 nitrogen and oxygen atoms in total. The van der Waals surface area contributed by atoms with E-state index in [1.807, 2.05) is 62.4 Å². The minimum atomic E-state index is -0.231. The first-order chi connectivity index (χ1) is 9.54. The SMILES string of the molecule is Cc1cccc(NC(=O)NC(C)c2cccc(N)c2)c1. The molecule has 0 aromatic heterocycles. The number of urea groups is 1. The molecule has 0 aliphatic heterocycles. The number of aryl methyl sites for hydroxylation is 1. The van der Waals surface area contributed by atoms with Crippen molar-refractivity contribution >= 4 is 17.4 Å². The van der Waals surface area contributed by atoms with Crippen molar-refractivity contribution in [2.24, 2.45) is 0 Å². The predicted molar refractivity (Wildman–Crippen MR) is 82.6 cm³/mol. The molecule has 0 heterocycles. The van der Waals surface area contributed by atoms with Gasteiger partial charge in [-0.05, 0) is 49.2 Å². The van der Waals surface area contributed by atoms with Crippen molar-refractivity contribution in [1.82, 2.24) is 5.32 Å². The van der Waals surface area contributed by atoms with Gasteiger partial charge in [0.05, 0.1) is 6.04 Å². The molecule has 20 heavy (non-hydrogen) atoms. The summed E-state index contributed by atoms with van der Waals surface area (Å²) < 4.78 is 0. The lowest BCUT2D eigenvalue weighted by Gasteiger charge is -2.15. The van der Waals surface area contributed by atoms with Crippen LogP contribution in [0.2, 0.25) is 0 Å². The molecule has 1 unspecified atom stereocenters. The maximum absolute atomic E-state index is 11.9. The minimum absolute atomic E-state index is 0.108. The van der Waals surface area contributed by atoms with E-state index < -0.39 is 0 Å². The highest BCUT2D eigenvalue weighted by Gasteiger charge is 2.09. The highest BCUT2D eigenvalue weighted by molar-refractivity contribution is 5.89. The van der Waals surface area contributed by atoms with Crippen molar-refractivity contribution < 1.29 is 4.79 Å². The number of nitrogens with two attached hydrogens (primary N) is 1. The van der Waals surface area contributed by atoms with Crippen molar-refractivity contribution in [3.05, 3.63) is 59.7 Å². The number of hydrogen-bond donors (Lipinski definition) is 3. The number of hydrogen-bond acceptors (Lipinski definition) is 2. The molecule has 4 N–H and O–H groups in total. The lowest BCUT2D eigenvalue weighted by Crippen LogP contribution is -2.31. The van der Waals surface area contributed by atoms with Crippen LogP contribution in [0.5, 0.6) is 0 Å². The van der Waals surface area contributed by atoms with Gasteiger partial charge in [0.25, 0.3) is 0 Å². The highest BCUT2D eigenvalue weighted by atomic mass is 16.2. The van der Waals surface area contributed by atoms with Gasteiger partial charge in [0.1, 0.15) is 0 Å². The third kappa shape index (κ3) is 3.75. The van der Waals surface area contributed by atoms with Gasteiger partial charge in [-0.25, -0.2) is 4.79 Å². The Balaban J connectivity index is 1.97. The van der Waals surface area contributed by atoms with Crippen LogP contribution in [0.15, 0.2) is 48.5 Å². The Kier molecular flexibility index (Phi) is 4.25. The number of benzene rings is 2. The zero-order chi connectivity index (χ0) is 14.5. The molecule has 0 saturated carbocycles. The van der Waals surface area contributed by atoms with Gasteiger partial charge in [-0.2, -0.15) is 0 Å². The zero-order valence-corrected chi connectivity index (χ0v) is 11.7. The Labute approximate surface area is 119 Å². The smallest absolute Gasteiger partial charge is 0.319 e. The third-order valence-electron chi connectivity index (χ3n) is 3.03. The summed E-state index contributed by atoms with van der Waals surface area (Å²) >= 11 is 0. The molecule has 0 fully saturated rings. The fourth-order valence-electron chi connectivity index (χ4n) is 2.00. The van der Waals surface area contributed by atoms with E-state index in [1.165, 1.54) is 0 Å². The van der Waals surface area contributed by atoms with Crippen LogP contribution >= 0.6 is 0 Å². The Morgan fingerprint density at radius 2 is 1.90 bits per heavy atom. The number of carbonyl (C=O) groups is 1. The Morgan fingerprint density at radius 1 is 1.15 bits per heavy atom. The van der Waals surface area contributed by atoms with Gasteiger partial charge < -0.3 is 16.4 Å². The van der Waals surface area contributed by atoms with E-state index in [2.05, 4.69) is 10.6 Å². The van der Waals surface area contributed by atoms with Gasteiger partial charge in [0, 0.05) is 11.4 Å². The Hall–Kier alpha value is -2.49. The largest absolute Gasteiger partial charge is 0.399 e. The van der Waals surface area contributed by atoms with Crippen molar-refractivity contribution in [3.63, 3.8) is 0 Å². The van der Waals surface area contributed by atoms with Crippen molar-refractivity contribution in [3.8, 4) is 0 Å². The quantitative estimate of drug-likeness (QED) is 0.747. The summed E-state index contributed by atoms with van der Waals surface area (Å²) in [5.41, 5.74) is 9.29. The molecule has 4 heteroatoms. The summed E-state index contributed by atoms with van der Waals surface area (Å²) in [6.07, 6.45) is 0. The van der Waals surface area contributed by atoms with E-state index in [4.69, 9.17) is 5.73 Å². The second-order valence-electron chi connectivity index (χ2n) is 4.86. The van der Waals surface area contributed by atoms with E-state index in [0.717, 1.165) is 16.8 Å². The second kappa shape index (κ2) is 6.10. The summed E-state index contributed by atoms with van der Waals surface area (Å²) in [7, 11) is 0. The molecule has 1 atom stereocenters. The molecular formula is C16H19N3O. The molecule has 2 aromatic carbocycles. The van der Waals surface area contributed by atoms with Crippen LogP contribution in [0.4, 0.5) is 16.2 Å². The number of nitrogen functional groups attached to an aromatic ring is 1. The van der Waals surface area contributed by atoms with Crippen LogP contribution in [0, 0.1) is 6.92 Å². The molecule has 0 spiro atoms. The van der Waals surface area contributed by atoms with Crippen LogP contribution in [0.1, 0.15) is 24.1 Å². The average Bonchev–Trinajstić information content (AvgIpc) is 2.38. The number of anilines is 2. The average molecular weight is 269 g/mol. The van der Waals surface area contributed by atoms with E-state index in [9.17, 15) is 4.79 Å². The minimum Gasteiger partial charge on any atom is -0.399 e. The molecule has 2 aromatic rings. The number of amides is 2. The van der Waals surface area contributed by atoms with Gasteiger partial charge in [0.2, 0.25) is 0 Å². The van der Waals surface area contributed by atoms with Gasteiger partial charge in [-0.15, -0.1) is 0 Å². The molecule has 0 saturated heterocycles. The van der Waals surface area contributed by atoms with Crippen LogP contribution in [0.25, 0.3) is 0 Å². The summed E-state index contributed by atoms with van der Waals surface area (Å²) in [5.74, 6) is 0. The first kappa shape index (κ1) is 13.9. The topological polar surface area (TPSA) is 67.2 Å². The fraction of sp³-hybridized carbons (Fsp3) is 0.188. The van der Waals surface area contributed by atoms with Gasteiger partial charge in [-0.1, -0.05) is 24.3 Å². The van der Waals surface area contributed by atoms with Crippen molar-refractivity contribution in [1.29, 1.82) is 0 Å². The van der Waals surface area contributed by atoms with Crippen LogP contribution in [-0.4, -0.2) is 6.03 Å². The fourth-order valence-corrected chi connectivity index (χ4v) is 2.00.